The van der Waals surface area contributed by atoms with Crippen molar-refractivity contribution in [3.8, 4) is 6.07 Å². The van der Waals surface area contributed by atoms with Crippen LogP contribution >= 0.6 is 11.6 Å². The van der Waals surface area contributed by atoms with Crippen LogP contribution in [0.2, 0.25) is 0 Å². The van der Waals surface area contributed by atoms with Crippen LogP contribution in [0.25, 0.3) is 0 Å². The maximum atomic E-state index is 8.11. The molecule has 0 saturated carbocycles. The van der Waals surface area contributed by atoms with E-state index >= 15 is 0 Å². The van der Waals surface area contributed by atoms with Gasteiger partial charge in [-0.3, -0.25) is 0 Å². The summed E-state index contributed by atoms with van der Waals surface area (Å²) >= 11 is 5.24. The van der Waals surface area contributed by atoms with E-state index in [4.69, 9.17) is 16.9 Å². The van der Waals surface area contributed by atoms with E-state index in [0.29, 0.717) is 6.42 Å². The average Bonchev–Trinajstić information content (AvgIpc) is 1.89. The van der Waals surface area contributed by atoms with E-state index in [1.807, 2.05) is 6.42 Å². The van der Waals surface area contributed by atoms with Gasteiger partial charge in [0.1, 0.15) is 0 Å². The number of nitrogens with zero attached hydrogens (tertiary/aromatic N) is 1. The maximum Gasteiger partial charge on any atom is 0.0621 e. The van der Waals surface area contributed by atoms with Crippen LogP contribution in [-0.2, 0) is 0 Å². The number of halogens is 1. The van der Waals surface area contributed by atoms with E-state index in [9.17, 15) is 0 Å². The van der Waals surface area contributed by atoms with Crippen LogP contribution in [0.5, 0.6) is 0 Å². The van der Waals surface area contributed by atoms with E-state index in [1.54, 1.807) is 6.08 Å². The lowest BCUT2D eigenvalue weighted by Crippen LogP contribution is -1.71. The Morgan fingerprint density at radius 2 is 2.33 bits per heavy atom. The zero-order valence-electron chi connectivity index (χ0n) is 5.18. The molecule has 0 aromatic heterocycles. The fraction of sp³-hybridized carbons (Fsp3) is 0.429. The highest BCUT2D eigenvalue weighted by molar-refractivity contribution is 6.25. The van der Waals surface area contributed by atoms with Crippen LogP contribution in [0.1, 0.15) is 19.3 Å². The van der Waals surface area contributed by atoms with Crippen molar-refractivity contribution in [2.75, 3.05) is 0 Å². The van der Waals surface area contributed by atoms with Crippen LogP contribution in [0.15, 0.2) is 11.6 Å². The van der Waals surface area contributed by atoms with Crippen molar-refractivity contribution in [3.63, 3.8) is 0 Å². The molecule has 1 radical (unpaired) electrons. The lowest BCUT2D eigenvalue weighted by Gasteiger charge is -1.86. The summed E-state index contributed by atoms with van der Waals surface area (Å²) in [5.41, 5.74) is 1.46. The normalized spacial score (nSPS) is 9.78. The fourth-order valence-corrected chi connectivity index (χ4v) is 0.549. The SMILES string of the molecule is N#CCCC[CH]C=CCl. The van der Waals surface area contributed by atoms with Gasteiger partial charge in [-0.1, -0.05) is 17.7 Å². The third-order valence-electron chi connectivity index (χ3n) is 0.868. The van der Waals surface area contributed by atoms with Gasteiger partial charge in [-0.25, -0.2) is 0 Å². The molecule has 0 aliphatic heterocycles. The molecule has 2 heteroatoms. The van der Waals surface area contributed by atoms with E-state index < -0.39 is 0 Å². The van der Waals surface area contributed by atoms with Gasteiger partial charge in [0, 0.05) is 12.0 Å². The van der Waals surface area contributed by atoms with Crippen LogP contribution in [0.4, 0.5) is 0 Å². The summed E-state index contributed by atoms with van der Waals surface area (Å²) < 4.78 is 0. The first-order valence-corrected chi connectivity index (χ1v) is 3.31. The quantitative estimate of drug-likeness (QED) is 0.554. The second-order valence-corrected chi connectivity index (χ2v) is 1.86. The lowest BCUT2D eigenvalue weighted by molar-refractivity contribution is 0.851. The summed E-state index contributed by atoms with van der Waals surface area (Å²) in [7, 11) is 0. The van der Waals surface area contributed by atoms with Crippen molar-refractivity contribution in [3.05, 3.63) is 18.0 Å². The predicted octanol–water partition coefficient (Wildman–Crippen LogP) is 2.64. The summed E-state index contributed by atoms with van der Waals surface area (Å²) in [5, 5.41) is 8.11. The molecule has 0 aliphatic carbocycles. The summed E-state index contributed by atoms with van der Waals surface area (Å²) in [6.45, 7) is 0. The Morgan fingerprint density at radius 3 is 2.89 bits per heavy atom. The highest BCUT2D eigenvalue weighted by Gasteiger charge is 1.82. The zero-order valence-corrected chi connectivity index (χ0v) is 5.93. The number of allylic oxidation sites excluding steroid dienone is 1. The summed E-state index contributed by atoms with van der Waals surface area (Å²) in [5.74, 6) is 0. The van der Waals surface area contributed by atoms with E-state index in [-0.39, 0.29) is 0 Å². The molecule has 9 heavy (non-hydrogen) atoms. The van der Waals surface area contributed by atoms with Crippen molar-refractivity contribution < 1.29 is 0 Å². The molecule has 0 fully saturated rings. The summed E-state index contributed by atoms with van der Waals surface area (Å²) in [6.07, 6.45) is 6.23. The van der Waals surface area contributed by atoms with Crippen molar-refractivity contribution in [2.45, 2.75) is 19.3 Å². The lowest BCUT2D eigenvalue weighted by atomic mass is 10.2. The monoisotopic (exact) mass is 142 g/mol. The number of hydrogen-bond acceptors (Lipinski definition) is 1. The Bertz CT molecular complexity index is 113. The molecule has 0 saturated heterocycles. The molecular weight excluding hydrogens is 134 g/mol. The highest BCUT2D eigenvalue weighted by atomic mass is 35.5. The molecule has 0 amide bonds. The molecule has 0 heterocycles. The molecular formula is C7H9ClN. The Balaban J connectivity index is 2.85. The van der Waals surface area contributed by atoms with E-state index in [0.717, 1.165) is 12.8 Å². The molecule has 0 aromatic carbocycles. The Kier molecular flexibility index (Phi) is 7.12. The van der Waals surface area contributed by atoms with Gasteiger partial charge in [-0.2, -0.15) is 5.26 Å². The smallest absolute Gasteiger partial charge is 0.0621 e. The van der Waals surface area contributed by atoms with Crippen LogP contribution in [0, 0.1) is 17.8 Å². The van der Waals surface area contributed by atoms with Gasteiger partial charge in [-0.15, -0.1) is 0 Å². The topological polar surface area (TPSA) is 23.8 Å². The Labute approximate surface area is 60.9 Å². The molecule has 0 N–H and O–H groups in total. The first kappa shape index (κ1) is 8.52. The molecule has 49 valence electrons. The van der Waals surface area contributed by atoms with Crippen LogP contribution in [0.3, 0.4) is 0 Å². The maximum absolute atomic E-state index is 8.11. The zero-order chi connectivity index (χ0) is 6.95. The van der Waals surface area contributed by atoms with Gasteiger partial charge in [0.25, 0.3) is 0 Å². The van der Waals surface area contributed by atoms with Gasteiger partial charge < -0.3 is 0 Å². The van der Waals surface area contributed by atoms with Gasteiger partial charge >= 0.3 is 0 Å². The van der Waals surface area contributed by atoms with E-state index in [1.165, 1.54) is 5.54 Å². The Morgan fingerprint density at radius 1 is 1.56 bits per heavy atom. The first-order chi connectivity index (χ1) is 4.41. The van der Waals surface area contributed by atoms with Crippen molar-refractivity contribution in [2.24, 2.45) is 0 Å². The third-order valence-corrected chi connectivity index (χ3v) is 1.01. The van der Waals surface area contributed by atoms with Crippen molar-refractivity contribution in [1.29, 1.82) is 5.26 Å². The van der Waals surface area contributed by atoms with E-state index in [2.05, 4.69) is 6.07 Å². The molecule has 0 aromatic rings. The van der Waals surface area contributed by atoms with Crippen LogP contribution in [-0.4, -0.2) is 0 Å². The largest absolute Gasteiger partial charge is 0.198 e. The number of hydrogen-bond donors (Lipinski definition) is 0. The molecule has 0 unspecified atom stereocenters. The molecule has 0 bridgehead atoms. The van der Waals surface area contributed by atoms with Crippen molar-refractivity contribution in [1.82, 2.24) is 0 Å². The summed E-state index contributed by atoms with van der Waals surface area (Å²) in [6, 6.07) is 2.07. The minimum absolute atomic E-state index is 0.632. The molecule has 0 rings (SSSR count). The number of unbranched alkanes of at least 4 members (excludes halogenated alkanes) is 3. The molecule has 0 spiro atoms. The summed E-state index contributed by atoms with van der Waals surface area (Å²) in [4.78, 5) is 0. The van der Waals surface area contributed by atoms with Gasteiger partial charge in [0.05, 0.1) is 6.07 Å². The first-order valence-electron chi connectivity index (χ1n) is 2.87. The second-order valence-electron chi connectivity index (χ2n) is 1.60. The molecule has 0 aliphatic rings. The fourth-order valence-electron chi connectivity index (χ4n) is 0.447. The minimum atomic E-state index is 0.632. The average molecular weight is 143 g/mol. The molecule has 0 atom stereocenters. The molecule has 1 nitrogen and oxygen atoms in total. The van der Waals surface area contributed by atoms with Gasteiger partial charge in [-0.05, 0) is 19.3 Å². The predicted molar refractivity (Wildman–Crippen MR) is 38.8 cm³/mol. The Hall–Kier alpha value is -0.480. The van der Waals surface area contributed by atoms with Crippen molar-refractivity contribution >= 4 is 11.6 Å². The minimum Gasteiger partial charge on any atom is -0.198 e. The van der Waals surface area contributed by atoms with Crippen LogP contribution < -0.4 is 0 Å². The second kappa shape index (κ2) is 7.52. The van der Waals surface area contributed by atoms with Gasteiger partial charge in [0.15, 0.2) is 0 Å². The number of rotatable bonds is 4. The highest BCUT2D eigenvalue weighted by Crippen LogP contribution is 1.98. The third kappa shape index (κ3) is 7.52. The van der Waals surface area contributed by atoms with Gasteiger partial charge in [0.2, 0.25) is 0 Å². The standard InChI is InChI=1S/C7H9ClN/c8-6-4-2-1-3-5-7-9/h2,4,6H,1,3,5H2. The number of nitriles is 1.